The maximum atomic E-state index is 10.7. The number of aromatic nitrogens is 1. The van der Waals surface area contributed by atoms with Crippen molar-refractivity contribution in [1.29, 1.82) is 0 Å². The molecule has 0 radical (unpaired) electrons. The van der Waals surface area contributed by atoms with E-state index < -0.39 is 4.92 Å². The summed E-state index contributed by atoms with van der Waals surface area (Å²) in [7, 11) is 0. The number of benzene rings is 1. The van der Waals surface area contributed by atoms with Crippen LogP contribution in [-0.2, 0) is 0 Å². The number of hydrogen-bond donors (Lipinski definition) is 1. The molecule has 0 atom stereocenters. The number of anilines is 1. The van der Waals surface area contributed by atoms with E-state index in [1.807, 2.05) is 0 Å². The Morgan fingerprint density at radius 3 is 2.85 bits per heavy atom. The zero-order chi connectivity index (χ0) is 14.1. The first kappa shape index (κ1) is 12.9. The molecule has 1 aliphatic rings. The highest BCUT2D eigenvalue weighted by atomic mass is 16.6. The number of rotatable bonds is 3. The zero-order valence-corrected chi connectivity index (χ0v) is 11.0. The molecule has 20 heavy (non-hydrogen) atoms. The van der Waals surface area contributed by atoms with Crippen LogP contribution in [0, 0.1) is 16.0 Å². The van der Waals surface area contributed by atoms with Gasteiger partial charge in [-0.2, -0.15) is 4.98 Å². The minimum Gasteiger partial charge on any atom is -0.423 e. The number of nitrogens with zero attached hydrogens (tertiary/aromatic N) is 3. The number of nitrogens with two attached hydrogens (primary N) is 1. The van der Waals surface area contributed by atoms with Crippen LogP contribution in [0.4, 0.5) is 11.7 Å². The Morgan fingerprint density at radius 2 is 2.20 bits per heavy atom. The molecule has 1 aromatic heterocycles. The summed E-state index contributed by atoms with van der Waals surface area (Å²) in [6, 6.07) is 5.00. The Bertz CT molecular complexity index is 632. The lowest BCUT2D eigenvalue weighted by molar-refractivity contribution is -0.384. The lowest BCUT2D eigenvalue weighted by Gasteiger charge is -2.29. The molecule has 1 fully saturated rings. The molecule has 7 nitrogen and oxygen atoms in total. The third-order valence-corrected chi connectivity index (χ3v) is 3.79. The molecule has 3 rings (SSSR count). The van der Waals surface area contributed by atoms with E-state index in [4.69, 9.17) is 10.2 Å². The molecule has 0 bridgehead atoms. The Hall–Kier alpha value is -2.15. The van der Waals surface area contributed by atoms with Gasteiger partial charge in [0.25, 0.3) is 11.7 Å². The van der Waals surface area contributed by atoms with Gasteiger partial charge in [-0.25, -0.2) is 0 Å². The Kier molecular flexibility index (Phi) is 3.27. The second-order valence-corrected chi connectivity index (χ2v) is 5.07. The zero-order valence-electron chi connectivity index (χ0n) is 11.0. The Balaban J connectivity index is 1.84. The van der Waals surface area contributed by atoms with Gasteiger partial charge in [-0.1, -0.05) is 0 Å². The molecule has 7 heteroatoms. The first-order valence-electron chi connectivity index (χ1n) is 6.67. The highest BCUT2D eigenvalue weighted by Gasteiger charge is 2.22. The minimum atomic E-state index is -0.430. The van der Waals surface area contributed by atoms with Crippen molar-refractivity contribution in [3.05, 3.63) is 28.3 Å². The second kappa shape index (κ2) is 5.09. The van der Waals surface area contributed by atoms with E-state index in [1.165, 1.54) is 12.1 Å². The third-order valence-electron chi connectivity index (χ3n) is 3.79. The van der Waals surface area contributed by atoms with Crippen molar-refractivity contribution in [2.45, 2.75) is 12.8 Å². The number of hydrogen-bond acceptors (Lipinski definition) is 6. The molecule has 0 unspecified atom stereocenters. The van der Waals surface area contributed by atoms with E-state index in [-0.39, 0.29) is 5.69 Å². The van der Waals surface area contributed by atoms with Crippen molar-refractivity contribution in [3.63, 3.8) is 0 Å². The molecular weight excluding hydrogens is 260 g/mol. The van der Waals surface area contributed by atoms with Crippen LogP contribution in [0.15, 0.2) is 22.6 Å². The smallest absolute Gasteiger partial charge is 0.298 e. The van der Waals surface area contributed by atoms with Gasteiger partial charge in [0.1, 0.15) is 5.52 Å². The average molecular weight is 276 g/mol. The van der Waals surface area contributed by atoms with Crippen molar-refractivity contribution in [2.24, 2.45) is 11.7 Å². The van der Waals surface area contributed by atoms with Gasteiger partial charge in [0.05, 0.1) is 4.92 Å². The van der Waals surface area contributed by atoms with Crippen LogP contribution in [0.3, 0.4) is 0 Å². The van der Waals surface area contributed by atoms with Crippen molar-refractivity contribution in [1.82, 2.24) is 4.98 Å². The van der Waals surface area contributed by atoms with Crippen molar-refractivity contribution >= 4 is 22.8 Å². The number of fused-ring (bicyclic) bond motifs is 1. The van der Waals surface area contributed by atoms with Gasteiger partial charge in [0.15, 0.2) is 5.58 Å². The monoisotopic (exact) mass is 276 g/mol. The number of piperidine rings is 1. The predicted octanol–water partition coefficient (Wildman–Crippen LogP) is 1.91. The van der Waals surface area contributed by atoms with Gasteiger partial charge in [-0.3, -0.25) is 10.1 Å². The largest absolute Gasteiger partial charge is 0.423 e. The summed E-state index contributed by atoms with van der Waals surface area (Å²) in [6.45, 7) is 2.43. The molecule has 2 aromatic rings. The lowest BCUT2D eigenvalue weighted by Crippen LogP contribution is -2.36. The van der Waals surface area contributed by atoms with E-state index in [1.54, 1.807) is 6.07 Å². The topological polar surface area (TPSA) is 98.4 Å². The fraction of sp³-hybridized carbons (Fsp3) is 0.462. The predicted molar refractivity (Wildman–Crippen MR) is 74.7 cm³/mol. The maximum absolute atomic E-state index is 10.7. The van der Waals surface area contributed by atoms with Crippen molar-refractivity contribution in [3.8, 4) is 0 Å². The lowest BCUT2D eigenvalue weighted by atomic mass is 9.97. The van der Waals surface area contributed by atoms with Gasteiger partial charge in [-0.15, -0.1) is 0 Å². The molecular formula is C13H16N4O3. The Morgan fingerprint density at radius 1 is 1.45 bits per heavy atom. The summed E-state index contributed by atoms with van der Waals surface area (Å²) < 4.78 is 5.67. The number of nitro benzene ring substituents is 1. The van der Waals surface area contributed by atoms with Crippen LogP contribution in [-0.4, -0.2) is 29.5 Å². The number of nitro groups is 1. The van der Waals surface area contributed by atoms with Gasteiger partial charge in [0.2, 0.25) is 0 Å². The molecule has 1 aromatic carbocycles. The van der Waals surface area contributed by atoms with Crippen LogP contribution < -0.4 is 10.6 Å². The van der Waals surface area contributed by atoms with E-state index in [0.29, 0.717) is 29.6 Å². The van der Waals surface area contributed by atoms with Crippen molar-refractivity contribution < 1.29 is 9.34 Å². The second-order valence-electron chi connectivity index (χ2n) is 5.07. The molecule has 0 spiro atoms. The fourth-order valence-corrected chi connectivity index (χ4v) is 2.51. The van der Waals surface area contributed by atoms with Gasteiger partial charge < -0.3 is 15.1 Å². The summed E-state index contributed by atoms with van der Waals surface area (Å²) in [5, 5.41) is 10.7. The van der Waals surface area contributed by atoms with Gasteiger partial charge in [0, 0.05) is 25.2 Å². The molecule has 2 heterocycles. The van der Waals surface area contributed by atoms with Crippen LogP contribution in [0.5, 0.6) is 0 Å². The van der Waals surface area contributed by atoms with Crippen molar-refractivity contribution in [2.75, 3.05) is 24.5 Å². The summed E-state index contributed by atoms with van der Waals surface area (Å²) in [5.74, 6) is 0.566. The van der Waals surface area contributed by atoms with Gasteiger partial charge in [-0.05, 0) is 31.4 Å². The van der Waals surface area contributed by atoms with E-state index in [2.05, 4.69) is 9.88 Å². The highest BCUT2D eigenvalue weighted by molar-refractivity contribution is 5.77. The van der Waals surface area contributed by atoms with E-state index >= 15 is 0 Å². The maximum Gasteiger partial charge on any atom is 0.298 e. The summed E-state index contributed by atoms with van der Waals surface area (Å²) in [4.78, 5) is 16.7. The Labute approximate surface area is 115 Å². The number of non-ortho nitro benzene ring substituents is 1. The molecule has 1 aliphatic heterocycles. The van der Waals surface area contributed by atoms with Crippen LogP contribution >= 0.6 is 0 Å². The normalized spacial score (nSPS) is 16.8. The molecule has 0 aliphatic carbocycles. The first-order valence-corrected chi connectivity index (χ1v) is 6.67. The van der Waals surface area contributed by atoms with E-state index in [9.17, 15) is 10.1 Å². The van der Waals surface area contributed by atoms with Gasteiger partial charge >= 0.3 is 0 Å². The van der Waals surface area contributed by atoms with E-state index in [0.717, 1.165) is 25.9 Å². The fourth-order valence-electron chi connectivity index (χ4n) is 2.51. The standard InChI is InChI=1S/C13H16N4O3/c14-8-9-3-5-16(6-4-9)13-15-11-7-10(17(18)19)1-2-12(11)20-13/h1-2,7,9H,3-6,8,14H2. The minimum absolute atomic E-state index is 0.0270. The molecule has 1 saturated heterocycles. The van der Waals surface area contributed by atoms with Crippen LogP contribution in [0.2, 0.25) is 0 Å². The average Bonchev–Trinajstić information content (AvgIpc) is 2.90. The van der Waals surface area contributed by atoms with Crippen LogP contribution in [0.25, 0.3) is 11.1 Å². The summed E-state index contributed by atoms with van der Waals surface area (Å²) in [6.07, 6.45) is 2.05. The first-order chi connectivity index (χ1) is 9.67. The quantitative estimate of drug-likeness (QED) is 0.679. The molecule has 0 amide bonds. The number of oxazole rings is 1. The molecule has 2 N–H and O–H groups in total. The van der Waals surface area contributed by atoms with Crippen LogP contribution in [0.1, 0.15) is 12.8 Å². The summed E-state index contributed by atoms with van der Waals surface area (Å²) >= 11 is 0. The summed E-state index contributed by atoms with van der Waals surface area (Å²) in [5.41, 5.74) is 6.80. The highest BCUT2D eigenvalue weighted by Crippen LogP contribution is 2.28. The SMILES string of the molecule is NCC1CCN(c2nc3cc([N+](=O)[O-])ccc3o2)CC1. The molecule has 0 saturated carbocycles. The molecule has 106 valence electrons. The third kappa shape index (κ3) is 2.32.